The summed E-state index contributed by atoms with van der Waals surface area (Å²) in [5, 5.41) is 6.56. The maximum atomic E-state index is 13.4. The molecule has 0 radical (unpaired) electrons. The molecule has 2 fully saturated rings. The molecule has 0 atom stereocenters. The Hall–Kier alpha value is -2.66. The second kappa shape index (κ2) is 10.1. The van der Waals surface area contributed by atoms with Crippen molar-refractivity contribution in [3.63, 3.8) is 0 Å². The van der Waals surface area contributed by atoms with Crippen molar-refractivity contribution in [2.75, 3.05) is 31.1 Å². The van der Waals surface area contributed by atoms with Crippen LogP contribution in [-0.2, 0) is 11.2 Å². The van der Waals surface area contributed by atoms with Crippen LogP contribution in [0.4, 0.5) is 5.69 Å². The minimum atomic E-state index is -0.0825. The van der Waals surface area contributed by atoms with Gasteiger partial charge in [0.2, 0.25) is 0 Å². The lowest BCUT2D eigenvalue weighted by Crippen LogP contribution is -2.56. The SMILES string of the molecule is CCN(c1cccc2c1C/C=C/CCC1=C(CNC2=O)C(=O)CC(C)=C1)C1CCC2(CC1)CNC2. The first kappa shape index (κ1) is 24.1. The van der Waals surface area contributed by atoms with E-state index in [0.29, 0.717) is 24.4 Å². The second-order valence-electron chi connectivity index (χ2n) is 10.9. The highest BCUT2D eigenvalue weighted by atomic mass is 16.2. The largest absolute Gasteiger partial charge is 0.369 e. The molecule has 0 unspecified atom stereocenters. The van der Waals surface area contributed by atoms with E-state index in [2.05, 4.69) is 46.8 Å². The fraction of sp³-hybridized carbons (Fsp3) is 0.533. The van der Waals surface area contributed by atoms with E-state index in [-0.39, 0.29) is 11.7 Å². The number of Topliss-reactive ketones (excluding diaryl/α,β-unsaturated/α-hetero) is 1. The molecule has 1 spiro atoms. The third kappa shape index (κ3) is 4.88. The van der Waals surface area contributed by atoms with Gasteiger partial charge in [0.1, 0.15) is 0 Å². The van der Waals surface area contributed by atoms with E-state index in [1.165, 1.54) is 44.5 Å². The number of hydrogen-bond donors (Lipinski definition) is 2. The number of anilines is 1. The fourth-order valence-corrected chi connectivity index (χ4v) is 6.49. The number of rotatable bonds is 3. The van der Waals surface area contributed by atoms with E-state index in [1.54, 1.807) is 0 Å². The molecule has 1 aromatic rings. The lowest BCUT2D eigenvalue weighted by Gasteiger charge is -2.49. The zero-order valence-corrected chi connectivity index (χ0v) is 21.3. The molecule has 1 saturated carbocycles. The van der Waals surface area contributed by atoms with Gasteiger partial charge in [0.05, 0.1) is 0 Å². The first-order valence-electron chi connectivity index (χ1n) is 13.4. The molecule has 5 rings (SSSR count). The Bertz CT molecular complexity index is 1080. The molecule has 1 saturated heterocycles. The average Bonchev–Trinajstić information content (AvgIpc) is 2.82. The maximum Gasteiger partial charge on any atom is 0.251 e. The van der Waals surface area contributed by atoms with Gasteiger partial charge in [0.25, 0.3) is 5.91 Å². The van der Waals surface area contributed by atoms with E-state index < -0.39 is 0 Å². The molecule has 5 heteroatoms. The Kier molecular flexibility index (Phi) is 6.97. The summed E-state index contributed by atoms with van der Waals surface area (Å²) >= 11 is 0. The van der Waals surface area contributed by atoms with Gasteiger partial charge in [-0.3, -0.25) is 9.59 Å². The van der Waals surface area contributed by atoms with E-state index in [9.17, 15) is 9.59 Å². The molecule has 1 aromatic carbocycles. The summed E-state index contributed by atoms with van der Waals surface area (Å²) in [4.78, 5) is 28.7. The summed E-state index contributed by atoms with van der Waals surface area (Å²) in [6.07, 6.45) is 14.5. The topological polar surface area (TPSA) is 61.4 Å². The average molecular weight is 474 g/mol. The summed E-state index contributed by atoms with van der Waals surface area (Å²) in [5.41, 5.74) is 6.52. The van der Waals surface area contributed by atoms with Crippen LogP contribution in [0.2, 0.25) is 0 Å². The molecule has 1 amide bonds. The maximum absolute atomic E-state index is 13.4. The minimum absolute atomic E-state index is 0.0825. The number of carbonyl (C=O) groups is 2. The van der Waals surface area contributed by atoms with Crippen molar-refractivity contribution in [3.05, 3.63) is 64.3 Å². The molecule has 2 aliphatic carbocycles. The molecule has 2 heterocycles. The van der Waals surface area contributed by atoms with Crippen LogP contribution >= 0.6 is 0 Å². The van der Waals surface area contributed by atoms with E-state index in [1.807, 2.05) is 19.1 Å². The van der Waals surface area contributed by atoms with Crippen LogP contribution in [0.1, 0.15) is 74.7 Å². The van der Waals surface area contributed by atoms with E-state index in [4.69, 9.17) is 0 Å². The molecule has 35 heavy (non-hydrogen) atoms. The first-order chi connectivity index (χ1) is 17.0. The zero-order valence-electron chi connectivity index (χ0n) is 21.3. The standard InChI is InChI=1S/C30H39N3O2/c1-3-33(23-12-14-30(15-13-23)19-31-20-30)27-11-7-10-25-24(27)9-6-4-5-8-22-16-21(2)17-28(34)26(22)18-32-29(25)35/h4,6-7,10-11,16,23,31H,3,5,8-9,12-15,17-20H2,1-2H3,(H,32,35)/b6-4+. The third-order valence-corrected chi connectivity index (χ3v) is 8.58. The summed E-state index contributed by atoms with van der Waals surface area (Å²) in [6, 6.07) is 6.69. The lowest BCUT2D eigenvalue weighted by atomic mass is 9.68. The number of nitrogens with zero attached hydrogens (tertiary/aromatic N) is 1. The van der Waals surface area contributed by atoms with Crippen molar-refractivity contribution in [2.45, 2.75) is 71.3 Å². The summed E-state index contributed by atoms with van der Waals surface area (Å²) in [5.74, 6) is 0.0603. The first-order valence-corrected chi connectivity index (χ1v) is 13.4. The Labute approximate surface area is 209 Å². The predicted octanol–water partition coefficient (Wildman–Crippen LogP) is 4.88. The molecule has 2 N–H and O–H groups in total. The molecule has 0 aromatic heterocycles. The van der Waals surface area contributed by atoms with Crippen molar-refractivity contribution >= 4 is 17.4 Å². The van der Waals surface area contributed by atoms with Crippen LogP contribution in [0.5, 0.6) is 0 Å². The lowest BCUT2D eigenvalue weighted by molar-refractivity contribution is -0.115. The Balaban J connectivity index is 1.43. The molecule has 2 aliphatic heterocycles. The van der Waals surface area contributed by atoms with Gasteiger partial charge in [0.15, 0.2) is 5.78 Å². The van der Waals surface area contributed by atoms with Gasteiger partial charge in [-0.1, -0.05) is 29.9 Å². The number of fused-ring (bicyclic) bond motifs is 1. The molecule has 0 bridgehead atoms. The summed E-state index contributed by atoms with van der Waals surface area (Å²) in [7, 11) is 0. The van der Waals surface area contributed by atoms with E-state index >= 15 is 0 Å². The van der Waals surface area contributed by atoms with Crippen LogP contribution in [0.3, 0.4) is 0 Å². The monoisotopic (exact) mass is 473 g/mol. The van der Waals surface area contributed by atoms with Gasteiger partial charge in [0, 0.05) is 55.5 Å². The second-order valence-corrected chi connectivity index (χ2v) is 10.9. The highest BCUT2D eigenvalue weighted by Gasteiger charge is 2.41. The number of ketones is 1. The summed E-state index contributed by atoms with van der Waals surface area (Å²) in [6.45, 7) is 7.84. The Morgan fingerprint density at radius 3 is 2.63 bits per heavy atom. The van der Waals surface area contributed by atoms with Gasteiger partial charge in [-0.25, -0.2) is 0 Å². The van der Waals surface area contributed by atoms with Crippen LogP contribution in [0, 0.1) is 5.41 Å². The van der Waals surface area contributed by atoms with Gasteiger partial charge in [-0.2, -0.15) is 0 Å². The molecule has 4 aliphatic rings. The Morgan fingerprint density at radius 2 is 1.91 bits per heavy atom. The number of hydrogen-bond acceptors (Lipinski definition) is 4. The van der Waals surface area contributed by atoms with Crippen molar-refractivity contribution < 1.29 is 9.59 Å². The minimum Gasteiger partial charge on any atom is -0.369 e. The van der Waals surface area contributed by atoms with Crippen LogP contribution in [0.25, 0.3) is 0 Å². The normalized spacial score (nSPS) is 23.8. The van der Waals surface area contributed by atoms with E-state index in [0.717, 1.165) is 53.7 Å². The van der Waals surface area contributed by atoms with Crippen molar-refractivity contribution in [1.29, 1.82) is 0 Å². The zero-order chi connectivity index (χ0) is 24.4. The number of nitrogens with one attached hydrogen (secondary N) is 2. The van der Waals surface area contributed by atoms with Crippen LogP contribution < -0.4 is 15.5 Å². The van der Waals surface area contributed by atoms with Gasteiger partial charge in [-0.05, 0) is 87.5 Å². The fourth-order valence-electron chi connectivity index (χ4n) is 6.49. The highest BCUT2D eigenvalue weighted by Crippen LogP contribution is 2.42. The van der Waals surface area contributed by atoms with Crippen LogP contribution in [-0.4, -0.2) is 43.9 Å². The van der Waals surface area contributed by atoms with Crippen molar-refractivity contribution in [2.24, 2.45) is 5.41 Å². The molecule has 186 valence electrons. The van der Waals surface area contributed by atoms with Crippen molar-refractivity contribution in [1.82, 2.24) is 10.6 Å². The quantitative estimate of drug-likeness (QED) is 0.614. The molecular formula is C30H39N3O2. The van der Waals surface area contributed by atoms with Gasteiger partial charge < -0.3 is 15.5 Å². The number of allylic oxidation sites excluding steroid dienone is 5. The number of benzene rings is 1. The van der Waals surface area contributed by atoms with Gasteiger partial charge >= 0.3 is 0 Å². The van der Waals surface area contributed by atoms with Gasteiger partial charge in [-0.15, -0.1) is 0 Å². The third-order valence-electron chi connectivity index (χ3n) is 8.58. The smallest absolute Gasteiger partial charge is 0.251 e. The highest BCUT2D eigenvalue weighted by molar-refractivity contribution is 6.02. The number of amides is 1. The van der Waals surface area contributed by atoms with Crippen molar-refractivity contribution in [3.8, 4) is 0 Å². The molecule has 5 nitrogen and oxygen atoms in total. The summed E-state index contributed by atoms with van der Waals surface area (Å²) < 4.78 is 0. The Morgan fingerprint density at radius 1 is 1.11 bits per heavy atom. The predicted molar refractivity (Wildman–Crippen MR) is 142 cm³/mol. The molecular weight excluding hydrogens is 434 g/mol. The number of carbonyl (C=O) groups excluding carboxylic acids is 2. The van der Waals surface area contributed by atoms with Crippen LogP contribution in [0.15, 0.2) is 53.1 Å².